The van der Waals surface area contributed by atoms with Crippen molar-refractivity contribution in [1.82, 2.24) is 0 Å². The number of para-hydroxylation sites is 2. The van der Waals surface area contributed by atoms with Gasteiger partial charge in [-0.2, -0.15) is 0 Å². The van der Waals surface area contributed by atoms with Crippen LogP contribution in [-0.2, 0) is 4.79 Å². The minimum absolute atomic E-state index is 0.0439. The number of amides is 1. The van der Waals surface area contributed by atoms with Crippen molar-refractivity contribution in [1.29, 1.82) is 0 Å². The lowest BCUT2D eigenvalue weighted by molar-refractivity contribution is -0.113. The highest BCUT2D eigenvalue weighted by atomic mass is 35.5. The molecule has 1 N–H and O–H groups in total. The Labute approximate surface area is 106 Å². The summed E-state index contributed by atoms with van der Waals surface area (Å²) in [5, 5.41) is 2.74. The monoisotopic (exact) mass is 253 g/mol. The van der Waals surface area contributed by atoms with Gasteiger partial charge in [0.05, 0.1) is 11.8 Å². The third-order valence-corrected chi connectivity index (χ3v) is 3.12. The van der Waals surface area contributed by atoms with E-state index in [4.69, 9.17) is 16.3 Å². The molecule has 1 aliphatic rings. The zero-order valence-corrected chi connectivity index (χ0v) is 10.4. The van der Waals surface area contributed by atoms with Crippen molar-refractivity contribution in [3.8, 4) is 5.75 Å². The van der Waals surface area contributed by atoms with Crippen molar-refractivity contribution < 1.29 is 9.53 Å². The summed E-state index contributed by atoms with van der Waals surface area (Å²) in [6.07, 6.45) is 4.92. The van der Waals surface area contributed by atoms with E-state index in [0.29, 0.717) is 5.69 Å². The van der Waals surface area contributed by atoms with E-state index in [1.165, 1.54) is 12.8 Å². The average molecular weight is 254 g/mol. The molecule has 0 bridgehead atoms. The molecule has 4 heteroatoms. The summed E-state index contributed by atoms with van der Waals surface area (Å²) in [7, 11) is 0. The van der Waals surface area contributed by atoms with Crippen molar-refractivity contribution in [2.45, 2.75) is 31.8 Å². The largest absolute Gasteiger partial charge is 0.488 e. The fraction of sp³-hybridized carbons (Fsp3) is 0.462. The number of rotatable bonds is 4. The van der Waals surface area contributed by atoms with Crippen molar-refractivity contribution in [2.24, 2.45) is 0 Å². The maximum absolute atomic E-state index is 11.3. The highest BCUT2D eigenvalue weighted by molar-refractivity contribution is 6.29. The molecule has 1 fully saturated rings. The van der Waals surface area contributed by atoms with Crippen molar-refractivity contribution in [2.75, 3.05) is 11.2 Å². The van der Waals surface area contributed by atoms with Crippen molar-refractivity contribution in [3.63, 3.8) is 0 Å². The maximum atomic E-state index is 11.3. The van der Waals surface area contributed by atoms with Gasteiger partial charge in [0.15, 0.2) is 0 Å². The Kier molecular flexibility index (Phi) is 4.26. The minimum Gasteiger partial charge on any atom is -0.488 e. The molecule has 2 rings (SSSR count). The van der Waals surface area contributed by atoms with E-state index >= 15 is 0 Å². The Morgan fingerprint density at radius 1 is 1.35 bits per heavy atom. The molecule has 0 atom stereocenters. The number of benzene rings is 1. The molecule has 1 amide bonds. The molecule has 0 saturated heterocycles. The number of anilines is 1. The smallest absolute Gasteiger partial charge is 0.239 e. The molecule has 0 spiro atoms. The van der Waals surface area contributed by atoms with Gasteiger partial charge in [-0.1, -0.05) is 12.1 Å². The molecule has 1 aromatic carbocycles. The SMILES string of the molecule is O=C(CCl)Nc1ccccc1OC1CCCC1. The normalized spacial score (nSPS) is 15.8. The van der Waals surface area contributed by atoms with Crippen LogP contribution in [0.4, 0.5) is 5.69 Å². The van der Waals surface area contributed by atoms with E-state index in [-0.39, 0.29) is 17.9 Å². The predicted molar refractivity (Wildman–Crippen MR) is 68.7 cm³/mol. The highest BCUT2D eigenvalue weighted by Crippen LogP contribution is 2.29. The fourth-order valence-corrected chi connectivity index (χ4v) is 2.11. The summed E-state index contributed by atoms with van der Waals surface area (Å²) >= 11 is 5.47. The maximum Gasteiger partial charge on any atom is 0.239 e. The van der Waals surface area contributed by atoms with E-state index < -0.39 is 0 Å². The van der Waals surface area contributed by atoms with Crippen molar-refractivity contribution >= 4 is 23.2 Å². The number of hydrogen-bond acceptors (Lipinski definition) is 2. The summed E-state index contributed by atoms with van der Waals surface area (Å²) in [5.41, 5.74) is 0.699. The summed E-state index contributed by atoms with van der Waals surface area (Å²) in [5.74, 6) is 0.476. The summed E-state index contributed by atoms with van der Waals surface area (Å²) < 4.78 is 5.89. The molecule has 92 valence electrons. The van der Waals surface area contributed by atoms with Gasteiger partial charge < -0.3 is 10.1 Å². The Bertz CT molecular complexity index is 389. The standard InChI is InChI=1S/C13H16ClNO2/c14-9-13(16)15-11-7-3-4-8-12(11)17-10-5-1-2-6-10/h3-4,7-8,10H,1-2,5-6,9H2,(H,15,16). The molecular formula is C13H16ClNO2. The van der Waals surface area contributed by atoms with Gasteiger partial charge in [-0.25, -0.2) is 0 Å². The number of carbonyl (C=O) groups is 1. The lowest BCUT2D eigenvalue weighted by Crippen LogP contribution is -2.16. The zero-order valence-electron chi connectivity index (χ0n) is 9.62. The number of ether oxygens (including phenoxy) is 1. The van der Waals surface area contributed by atoms with E-state index in [2.05, 4.69) is 5.32 Å². The summed E-state index contributed by atoms with van der Waals surface area (Å²) in [6, 6.07) is 7.48. The van der Waals surface area contributed by atoms with Crippen LogP contribution >= 0.6 is 11.6 Å². The molecule has 1 aromatic rings. The van der Waals surface area contributed by atoms with E-state index in [9.17, 15) is 4.79 Å². The van der Waals surface area contributed by atoms with Crippen LogP contribution in [0.3, 0.4) is 0 Å². The van der Waals surface area contributed by atoms with Gasteiger partial charge in [0, 0.05) is 0 Å². The number of hydrogen-bond donors (Lipinski definition) is 1. The molecule has 1 saturated carbocycles. The summed E-state index contributed by atoms with van der Waals surface area (Å²) in [4.78, 5) is 11.3. The summed E-state index contributed by atoms with van der Waals surface area (Å²) in [6.45, 7) is 0. The van der Waals surface area contributed by atoms with Crippen LogP contribution in [0.25, 0.3) is 0 Å². The van der Waals surface area contributed by atoms with Crippen LogP contribution in [0.2, 0.25) is 0 Å². The van der Waals surface area contributed by atoms with Crippen LogP contribution in [0.5, 0.6) is 5.75 Å². The molecule has 3 nitrogen and oxygen atoms in total. The number of alkyl halides is 1. The quantitative estimate of drug-likeness (QED) is 0.837. The second kappa shape index (κ2) is 5.92. The third-order valence-electron chi connectivity index (χ3n) is 2.88. The molecule has 0 aliphatic heterocycles. The van der Waals surface area contributed by atoms with Crippen LogP contribution in [-0.4, -0.2) is 17.9 Å². The highest BCUT2D eigenvalue weighted by Gasteiger charge is 2.18. The Balaban J connectivity index is 2.06. The first kappa shape index (κ1) is 12.2. The topological polar surface area (TPSA) is 38.3 Å². The van der Waals surface area contributed by atoms with Gasteiger partial charge in [0.1, 0.15) is 11.6 Å². The van der Waals surface area contributed by atoms with Gasteiger partial charge in [-0.3, -0.25) is 4.79 Å². The zero-order chi connectivity index (χ0) is 12.1. The molecule has 1 aliphatic carbocycles. The Hall–Kier alpha value is -1.22. The molecule has 17 heavy (non-hydrogen) atoms. The first-order chi connectivity index (χ1) is 8.29. The third kappa shape index (κ3) is 3.37. The number of nitrogens with one attached hydrogen (secondary N) is 1. The van der Waals surface area contributed by atoms with Crippen LogP contribution < -0.4 is 10.1 Å². The molecule has 0 heterocycles. The van der Waals surface area contributed by atoms with Gasteiger partial charge in [0.2, 0.25) is 5.91 Å². The lowest BCUT2D eigenvalue weighted by Gasteiger charge is -2.16. The first-order valence-electron chi connectivity index (χ1n) is 5.91. The predicted octanol–water partition coefficient (Wildman–Crippen LogP) is 3.19. The van der Waals surface area contributed by atoms with Crippen LogP contribution in [0.1, 0.15) is 25.7 Å². The number of carbonyl (C=O) groups excluding carboxylic acids is 1. The Morgan fingerprint density at radius 2 is 2.06 bits per heavy atom. The lowest BCUT2D eigenvalue weighted by atomic mass is 10.2. The molecule has 0 radical (unpaired) electrons. The van der Waals surface area contributed by atoms with Gasteiger partial charge in [-0.05, 0) is 37.8 Å². The van der Waals surface area contributed by atoms with Crippen LogP contribution in [0, 0.1) is 0 Å². The fourth-order valence-electron chi connectivity index (χ4n) is 2.04. The Morgan fingerprint density at radius 3 is 2.76 bits per heavy atom. The second-order valence-electron chi connectivity index (χ2n) is 4.20. The van der Waals surface area contributed by atoms with E-state index in [1.54, 1.807) is 0 Å². The van der Waals surface area contributed by atoms with E-state index in [1.807, 2.05) is 24.3 Å². The average Bonchev–Trinajstić information content (AvgIpc) is 2.84. The molecule has 0 unspecified atom stereocenters. The van der Waals surface area contributed by atoms with Gasteiger partial charge >= 0.3 is 0 Å². The minimum atomic E-state index is -0.214. The first-order valence-corrected chi connectivity index (χ1v) is 6.44. The molecular weight excluding hydrogens is 238 g/mol. The van der Waals surface area contributed by atoms with Crippen LogP contribution in [0.15, 0.2) is 24.3 Å². The van der Waals surface area contributed by atoms with Gasteiger partial charge in [-0.15, -0.1) is 11.6 Å². The van der Waals surface area contributed by atoms with Crippen molar-refractivity contribution in [3.05, 3.63) is 24.3 Å². The second-order valence-corrected chi connectivity index (χ2v) is 4.47. The van der Waals surface area contributed by atoms with Gasteiger partial charge in [0.25, 0.3) is 0 Å². The van der Waals surface area contributed by atoms with E-state index in [0.717, 1.165) is 18.6 Å². The number of halogens is 1. The molecule has 0 aromatic heterocycles.